The van der Waals surface area contributed by atoms with Crippen LogP contribution in [0.25, 0.3) is 11.2 Å². The average Bonchev–Trinajstić information content (AvgIpc) is 2.79. The molecule has 2 aliphatic heterocycles. The van der Waals surface area contributed by atoms with Gasteiger partial charge in [0.2, 0.25) is 5.28 Å². The van der Waals surface area contributed by atoms with Crippen molar-refractivity contribution in [1.82, 2.24) is 19.9 Å². The Morgan fingerprint density at radius 2 is 1.90 bits per heavy atom. The fourth-order valence-corrected chi connectivity index (χ4v) is 2.63. The van der Waals surface area contributed by atoms with Crippen LogP contribution in [0.5, 0.6) is 0 Å². The first-order chi connectivity index (χ1) is 9.81. The third kappa shape index (κ3) is 2.02. The maximum absolute atomic E-state index is 6.02. The number of halogens is 1. The molecule has 0 radical (unpaired) electrons. The minimum atomic E-state index is 0.224. The van der Waals surface area contributed by atoms with Crippen molar-refractivity contribution in [2.45, 2.75) is 5.92 Å². The van der Waals surface area contributed by atoms with E-state index in [0.717, 1.165) is 30.2 Å². The lowest BCUT2D eigenvalue weighted by Gasteiger charge is -2.28. The number of rotatable bonds is 2. The van der Waals surface area contributed by atoms with Crippen molar-refractivity contribution in [2.75, 3.05) is 44.4 Å². The zero-order valence-corrected chi connectivity index (χ0v) is 11.6. The van der Waals surface area contributed by atoms with E-state index in [0.29, 0.717) is 38.0 Å². The van der Waals surface area contributed by atoms with Crippen LogP contribution in [-0.2, 0) is 9.47 Å². The van der Waals surface area contributed by atoms with Gasteiger partial charge < -0.3 is 19.4 Å². The Hall–Kier alpha value is -1.44. The lowest BCUT2D eigenvalue weighted by atomic mass is 10.1. The Kier molecular flexibility index (Phi) is 2.98. The van der Waals surface area contributed by atoms with Crippen molar-refractivity contribution < 1.29 is 9.47 Å². The maximum Gasteiger partial charge on any atom is 0.226 e. The summed E-state index contributed by atoms with van der Waals surface area (Å²) in [6, 6.07) is 0. The molecule has 0 bridgehead atoms. The average molecular weight is 296 g/mol. The Bertz CT molecular complexity index is 636. The molecule has 106 valence electrons. The van der Waals surface area contributed by atoms with Crippen molar-refractivity contribution in [3.63, 3.8) is 0 Å². The summed E-state index contributed by atoms with van der Waals surface area (Å²) < 4.78 is 10.6. The molecule has 0 aliphatic carbocycles. The van der Waals surface area contributed by atoms with Crippen molar-refractivity contribution >= 4 is 28.6 Å². The fourth-order valence-electron chi connectivity index (χ4n) is 2.47. The van der Waals surface area contributed by atoms with Gasteiger partial charge in [-0.1, -0.05) is 0 Å². The number of hydrogen-bond donors (Lipinski definition) is 1. The molecule has 8 heteroatoms. The first-order valence-electron chi connectivity index (χ1n) is 6.65. The van der Waals surface area contributed by atoms with Crippen LogP contribution in [0.3, 0.4) is 0 Å². The highest BCUT2D eigenvalue weighted by Gasteiger charge is 2.26. The van der Waals surface area contributed by atoms with Gasteiger partial charge >= 0.3 is 0 Å². The summed E-state index contributed by atoms with van der Waals surface area (Å²) in [6.45, 7) is 4.38. The molecule has 20 heavy (non-hydrogen) atoms. The SMILES string of the molecule is Clc1nc(N2CCOCC2)c2[nH]c(C3COC3)nc2n1. The third-order valence-corrected chi connectivity index (χ3v) is 3.83. The summed E-state index contributed by atoms with van der Waals surface area (Å²) >= 11 is 6.02. The van der Waals surface area contributed by atoms with Crippen LogP contribution < -0.4 is 4.90 Å². The molecule has 2 aliphatic rings. The second-order valence-corrected chi connectivity index (χ2v) is 5.31. The van der Waals surface area contributed by atoms with Crippen molar-refractivity contribution in [2.24, 2.45) is 0 Å². The molecule has 0 aromatic carbocycles. The van der Waals surface area contributed by atoms with Crippen LogP contribution in [0.4, 0.5) is 5.82 Å². The van der Waals surface area contributed by atoms with E-state index in [-0.39, 0.29) is 5.28 Å². The number of hydrogen-bond acceptors (Lipinski definition) is 6. The van der Waals surface area contributed by atoms with Crippen LogP contribution in [-0.4, -0.2) is 59.5 Å². The van der Waals surface area contributed by atoms with E-state index in [9.17, 15) is 0 Å². The molecule has 0 spiro atoms. The van der Waals surface area contributed by atoms with Gasteiger partial charge in [-0.25, -0.2) is 4.98 Å². The number of aromatic amines is 1. The number of imidazole rings is 1. The Balaban J connectivity index is 1.79. The minimum absolute atomic E-state index is 0.224. The minimum Gasteiger partial charge on any atom is -0.380 e. The lowest BCUT2D eigenvalue weighted by Crippen LogP contribution is -2.37. The van der Waals surface area contributed by atoms with Gasteiger partial charge in [0.05, 0.1) is 32.3 Å². The second-order valence-electron chi connectivity index (χ2n) is 4.97. The standard InChI is InChI=1S/C12H14ClN5O2/c13-12-16-10-8(14-9(15-10)7-5-20-6-7)11(17-12)18-1-3-19-4-2-18/h7H,1-6H2,(H,14,15,16,17). The molecule has 7 nitrogen and oxygen atoms in total. The summed E-state index contributed by atoms with van der Waals surface area (Å²) in [5.41, 5.74) is 1.46. The van der Waals surface area contributed by atoms with Gasteiger partial charge in [-0.15, -0.1) is 0 Å². The number of ether oxygens (including phenoxy) is 2. The van der Waals surface area contributed by atoms with E-state index < -0.39 is 0 Å². The molecule has 2 saturated heterocycles. The number of fused-ring (bicyclic) bond motifs is 1. The predicted octanol–water partition coefficient (Wildman–Crippen LogP) is 0.957. The predicted molar refractivity (Wildman–Crippen MR) is 73.3 cm³/mol. The zero-order valence-electron chi connectivity index (χ0n) is 10.8. The Morgan fingerprint density at radius 3 is 2.60 bits per heavy atom. The zero-order chi connectivity index (χ0) is 13.5. The van der Waals surface area contributed by atoms with E-state index in [1.54, 1.807) is 0 Å². The normalized spacial score (nSPS) is 20.4. The molecular weight excluding hydrogens is 282 g/mol. The number of morpholine rings is 1. The van der Waals surface area contributed by atoms with E-state index in [1.165, 1.54) is 0 Å². The molecule has 2 fully saturated rings. The summed E-state index contributed by atoms with van der Waals surface area (Å²) in [4.78, 5) is 18.6. The number of nitrogens with zero attached hydrogens (tertiary/aromatic N) is 4. The molecule has 0 saturated carbocycles. The van der Waals surface area contributed by atoms with Gasteiger partial charge in [-0.3, -0.25) is 0 Å². The highest BCUT2D eigenvalue weighted by Crippen LogP contribution is 2.28. The largest absolute Gasteiger partial charge is 0.380 e. The highest BCUT2D eigenvalue weighted by atomic mass is 35.5. The smallest absolute Gasteiger partial charge is 0.226 e. The topological polar surface area (TPSA) is 76.2 Å². The van der Waals surface area contributed by atoms with Gasteiger partial charge in [0.25, 0.3) is 0 Å². The molecule has 1 N–H and O–H groups in total. The maximum atomic E-state index is 6.02. The molecule has 0 amide bonds. The number of anilines is 1. The van der Waals surface area contributed by atoms with E-state index in [1.807, 2.05) is 0 Å². The van der Waals surface area contributed by atoms with Crippen LogP contribution >= 0.6 is 11.6 Å². The summed E-state index contributed by atoms with van der Waals surface area (Å²) in [7, 11) is 0. The number of H-pyrrole nitrogens is 1. The fraction of sp³-hybridized carbons (Fsp3) is 0.583. The second kappa shape index (κ2) is 4.83. The molecular formula is C12H14ClN5O2. The number of nitrogens with one attached hydrogen (secondary N) is 1. The van der Waals surface area contributed by atoms with Crippen LogP contribution in [0.15, 0.2) is 0 Å². The quantitative estimate of drug-likeness (QED) is 0.832. The summed E-state index contributed by atoms with van der Waals surface area (Å²) in [6.07, 6.45) is 0. The third-order valence-electron chi connectivity index (χ3n) is 3.66. The van der Waals surface area contributed by atoms with Gasteiger partial charge in [0, 0.05) is 13.1 Å². The molecule has 0 unspecified atom stereocenters. The van der Waals surface area contributed by atoms with Crippen LogP contribution in [0, 0.1) is 0 Å². The molecule has 4 rings (SSSR count). The van der Waals surface area contributed by atoms with E-state index in [2.05, 4.69) is 24.8 Å². The van der Waals surface area contributed by atoms with Crippen LogP contribution in [0.1, 0.15) is 11.7 Å². The highest BCUT2D eigenvalue weighted by molar-refractivity contribution is 6.28. The molecule has 2 aromatic heterocycles. The van der Waals surface area contributed by atoms with Crippen molar-refractivity contribution in [1.29, 1.82) is 0 Å². The van der Waals surface area contributed by atoms with Crippen LogP contribution in [0.2, 0.25) is 5.28 Å². The number of aromatic nitrogens is 4. The summed E-state index contributed by atoms with van der Waals surface area (Å²) in [5.74, 6) is 2.03. The van der Waals surface area contributed by atoms with E-state index >= 15 is 0 Å². The Morgan fingerprint density at radius 1 is 1.10 bits per heavy atom. The lowest BCUT2D eigenvalue weighted by molar-refractivity contribution is 0.00530. The molecule has 2 aromatic rings. The van der Waals surface area contributed by atoms with Gasteiger partial charge in [-0.2, -0.15) is 9.97 Å². The summed E-state index contributed by atoms with van der Waals surface area (Å²) in [5, 5.41) is 0.224. The monoisotopic (exact) mass is 295 g/mol. The van der Waals surface area contributed by atoms with Crippen molar-refractivity contribution in [3.8, 4) is 0 Å². The van der Waals surface area contributed by atoms with Gasteiger partial charge in [-0.05, 0) is 11.6 Å². The molecule has 0 atom stereocenters. The van der Waals surface area contributed by atoms with Gasteiger partial charge in [0.15, 0.2) is 11.5 Å². The Labute approximate surface area is 120 Å². The first-order valence-corrected chi connectivity index (χ1v) is 7.02. The van der Waals surface area contributed by atoms with Crippen molar-refractivity contribution in [3.05, 3.63) is 11.1 Å². The first kappa shape index (κ1) is 12.3. The molecule has 4 heterocycles. The van der Waals surface area contributed by atoms with Gasteiger partial charge in [0.1, 0.15) is 11.3 Å². The van der Waals surface area contributed by atoms with E-state index in [4.69, 9.17) is 21.1 Å².